The maximum atomic E-state index is 11.8. The van der Waals surface area contributed by atoms with Crippen LogP contribution in [-0.2, 0) is 4.79 Å². The molecule has 2 N–H and O–H groups in total. The number of carbonyl (C=O) groups is 1. The Labute approximate surface area is 112 Å². The second-order valence-corrected chi connectivity index (χ2v) is 6.09. The predicted octanol–water partition coefficient (Wildman–Crippen LogP) is 2.71. The Balaban J connectivity index is 2.03. The van der Waals surface area contributed by atoms with E-state index in [1.807, 2.05) is 6.92 Å². The van der Waals surface area contributed by atoms with Crippen LogP contribution in [0.15, 0.2) is 0 Å². The van der Waals surface area contributed by atoms with E-state index in [4.69, 9.17) is 0 Å². The van der Waals surface area contributed by atoms with E-state index in [9.17, 15) is 4.79 Å². The van der Waals surface area contributed by atoms with Crippen molar-refractivity contribution in [1.29, 1.82) is 0 Å². The zero-order valence-corrected chi connectivity index (χ0v) is 12.3. The quantitative estimate of drug-likeness (QED) is 0.699. The molecule has 1 rings (SSSR count). The molecule has 0 heterocycles. The highest BCUT2D eigenvalue weighted by Crippen LogP contribution is 2.26. The van der Waals surface area contributed by atoms with Crippen molar-refractivity contribution in [3.8, 4) is 0 Å². The number of hydrogen-bond acceptors (Lipinski definition) is 2. The van der Waals surface area contributed by atoms with E-state index in [0.29, 0.717) is 5.92 Å². The molecule has 0 radical (unpaired) electrons. The van der Waals surface area contributed by atoms with Crippen molar-refractivity contribution in [2.75, 3.05) is 13.1 Å². The van der Waals surface area contributed by atoms with Crippen molar-refractivity contribution in [1.82, 2.24) is 10.6 Å². The first-order chi connectivity index (χ1) is 8.59. The van der Waals surface area contributed by atoms with Crippen LogP contribution >= 0.6 is 0 Å². The van der Waals surface area contributed by atoms with Gasteiger partial charge in [0.15, 0.2) is 0 Å². The summed E-state index contributed by atoms with van der Waals surface area (Å²) in [4.78, 5) is 11.8. The minimum atomic E-state index is -0.0569. The average molecular weight is 254 g/mol. The minimum Gasteiger partial charge on any atom is -0.355 e. The van der Waals surface area contributed by atoms with E-state index in [0.717, 1.165) is 25.4 Å². The first-order valence-electron chi connectivity index (χ1n) is 7.60. The standard InChI is InChI=1S/C15H30N2O/c1-12(2)8-10-17-15(18)13(3)16-11-9-14-6-4-5-7-14/h12-14,16H,4-11H2,1-3H3,(H,17,18). The number of carbonyl (C=O) groups excluding carboxylic acids is 1. The summed E-state index contributed by atoms with van der Waals surface area (Å²) in [6.07, 6.45) is 7.85. The smallest absolute Gasteiger partial charge is 0.236 e. The molecule has 0 aromatic rings. The van der Waals surface area contributed by atoms with E-state index in [1.165, 1.54) is 32.1 Å². The number of hydrogen-bond donors (Lipinski definition) is 2. The lowest BCUT2D eigenvalue weighted by atomic mass is 10.0. The minimum absolute atomic E-state index is 0.0569. The Bertz CT molecular complexity index is 235. The number of rotatable bonds is 8. The molecule has 0 spiro atoms. The number of nitrogens with one attached hydrogen (secondary N) is 2. The lowest BCUT2D eigenvalue weighted by molar-refractivity contribution is -0.122. The summed E-state index contributed by atoms with van der Waals surface area (Å²) in [6.45, 7) is 8.08. The molecule has 1 saturated carbocycles. The van der Waals surface area contributed by atoms with Gasteiger partial charge in [-0.2, -0.15) is 0 Å². The van der Waals surface area contributed by atoms with Gasteiger partial charge in [0.2, 0.25) is 5.91 Å². The van der Waals surface area contributed by atoms with Crippen molar-refractivity contribution in [2.24, 2.45) is 11.8 Å². The molecular weight excluding hydrogens is 224 g/mol. The second-order valence-electron chi connectivity index (χ2n) is 6.09. The zero-order valence-electron chi connectivity index (χ0n) is 12.3. The molecule has 3 nitrogen and oxygen atoms in total. The molecular formula is C15H30N2O. The van der Waals surface area contributed by atoms with Gasteiger partial charge in [-0.1, -0.05) is 39.5 Å². The molecule has 18 heavy (non-hydrogen) atoms. The third-order valence-corrected chi connectivity index (χ3v) is 3.89. The van der Waals surface area contributed by atoms with Crippen LogP contribution in [0.25, 0.3) is 0 Å². The van der Waals surface area contributed by atoms with Gasteiger partial charge in [-0.25, -0.2) is 0 Å². The Morgan fingerprint density at radius 3 is 2.44 bits per heavy atom. The Morgan fingerprint density at radius 1 is 1.17 bits per heavy atom. The van der Waals surface area contributed by atoms with Crippen LogP contribution in [-0.4, -0.2) is 25.0 Å². The van der Waals surface area contributed by atoms with Crippen LogP contribution < -0.4 is 10.6 Å². The average Bonchev–Trinajstić information content (AvgIpc) is 2.81. The molecule has 1 unspecified atom stereocenters. The third kappa shape index (κ3) is 6.39. The van der Waals surface area contributed by atoms with E-state index < -0.39 is 0 Å². The van der Waals surface area contributed by atoms with Gasteiger partial charge in [0, 0.05) is 6.54 Å². The van der Waals surface area contributed by atoms with Gasteiger partial charge in [-0.05, 0) is 38.1 Å². The maximum Gasteiger partial charge on any atom is 0.236 e. The normalized spacial score (nSPS) is 18.2. The molecule has 0 aromatic carbocycles. The fraction of sp³-hybridized carbons (Fsp3) is 0.933. The summed E-state index contributed by atoms with van der Waals surface area (Å²) in [5.41, 5.74) is 0. The Hall–Kier alpha value is -0.570. The zero-order chi connectivity index (χ0) is 13.4. The summed E-state index contributed by atoms with van der Waals surface area (Å²) in [5.74, 6) is 1.69. The van der Waals surface area contributed by atoms with Crippen molar-refractivity contribution in [2.45, 2.75) is 65.3 Å². The lowest BCUT2D eigenvalue weighted by Crippen LogP contribution is -2.43. The fourth-order valence-corrected chi connectivity index (χ4v) is 2.53. The fourth-order valence-electron chi connectivity index (χ4n) is 2.53. The van der Waals surface area contributed by atoms with E-state index in [-0.39, 0.29) is 11.9 Å². The summed E-state index contributed by atoms with van der Waals surface area (Å²) >= 11 is 0. The van der Waals surface area contributed by atoms with Gasteiger partial charge in [-0.3, -0.25) is 4.79 Å². The van der Waals surface area contributed by atoms with Crippen molar-refractivity contribution in [3.05, 3.63) is 0 Å². The topological polar surface area (TPSA) is 41.1 Å². The summed E-state index contributed by atoms with van der Waals surface area (Å²) < 4.78 is 0. The van der Waals surface area contributed by atoms with Gasteiger partial charge in [0.25, 0.3) is 0 Å². The van der Waals surface area contributed by atoms with Gasteiger partial charge in [0.05, 0.1) is 6.04 Å². The molecule has 106 valence electrons. The highest BCUT2D eigenvalue weighted by Gasteiger charge is 2.16. The van der Waals surface area contributed by atoms with Crippen LogP contribution in [0.2, 0.25) is 0 Å². The first kappa shape index (κ1) is 15.5. The Morgan fingerprint density at radius 2 is 1.83 bits per heavy atom. The van der Waals surface area contributed by atoms with E-state index in [2.05, 4.69) is 24.5 Å². The molecule has 0 aromatic heterocycles. The molecule has 1 atom stereocenters. The molecule has 1 aliphatic carbocycles. The largest absolute Gasteiger partial charge is 0.355 e. The monoisotopic (exact) mass is 254 g/mol. The second kappa shape index (κ2) is 8.52. The molecule has 1 aliphatic rings. The summed E-state index contributed by atoms with van der Waals surface area (Å²) in [7, 11) is 0. The summed E-state index contributed by atoms with van der Waals surface area (Å²) in [5, 5.41) is 6.33. The molecule has 0 saturated heterocycles. The lowest BCUT2D eigenvalue weighted by Gasteiger charge is -2.16. The predicted molar refractivity (Wildman–Crippen MR) is 76.5 cm³/mol. The van der Waals surface area contributed by atoms with Crippen LogP contribution in [0, 0.1) is 11.8 Å². The van der Waals surface area contributed by atoms with Gasteiger partial charge in [-0.15, -0.1) is 0 Å². The highest BCUT2D eigenvalue weighted by atomic mass is 16.2. The van der Waals surface area contributed by atoms with Crippen LogP contribution in [0.5, 0.6) is 0 Å². The summed E-state index contributed by atoms with van der Waals surface area (Å²) in [6, 6.07) is -0.0569. The van der Waals surface area contributed by atoms with Crippen molar-refractivity contribution < 1.29 is 4.79 Å². The van der Waals surface area contributed by atoms with Gasteiger partial charge < -0.3 is 10.6 Å². The van der Waals surface area contributed by atoms with E-state index in [1.54, 1.807) is 0 Å². The van der Waals surface area contributed by atoms with Crippen LogP contribution in [0.3, 0.4) is 0 Å². The van der Waals surface area contributed by atoms with Crippen molar-refractivity contribution in [3.63, 3.8) is 0 Å². The SMILES string of the molecule is CC(C)CCNC(=O)C(C)NCCC1CCCC1. The third-order valence-electron chi connectivity index (χ3n) is 3.89. The van der Waals surface area contributed by atoms with Crippen molar-refractivity contribution >= 4 is 5.91 Å². The number of amides is 1. The maximum absolute atomic E-state index is 11.8. The molecule has 0 bridgehead atoms. The van der Waals surface area contributed by atoms with E-state index >= 15 is 0 Å². The molecule has 3 heteroatoms. The van der Waals surface area contributed by atoms with Gasteiger partial charge >= 0.3 is 0 Å². The van der Waals surface area contributed by atoms with Crippen LogP contribution in [0.1, 0.15) is 59.3 Å². The highest BCUT2D eigenvalue weighted by molar-refractivity contribution is 5.81. The molecule has 1 amide bonds. The van der Waals surface area contributed by atoms with Crippen LogP contribution in [0.4, 0.5) is 0 Å². The van der Waals surface area contributed by atoms with Gasteiger partial charge in [0.1, 0.15) is 0 Å². The first-order valence-corrected chi connectivity index (χ1v) is 7.60. The molecule has 0 aliphatic heterocycles. The molecule has 1 fully saturated rings. The Kier molecular flexibility index (Phi) is 7.33.